The number of hydrogen-bond donors (Lipinski definition) is 3. The normalized spacial score (nSPS) is 13.8. The number of halogens is 1. The molecule has 5 rings (SSSR count). The Morgan fingerprint density at radius 2 is 1.94 bits per heavy atom. The summed E-state index contributed by atoms with van der Waals surface area (Å²) in [5.41, 5.74) is 4.95. The van der Waals surface area contributed by atoms with Gasteiger partial charge in [0.1, 0.15) is 17.2 Å². The molecule has 1 aliphatic heterocycles. The highest BCUT2D eigenvalue weighted by Gasteiger charge is 2.18. The molecule has 7 nitrogen and oxygen atoms in total. The van der Waals surface area contributed by atoms with E-state index in [-0.39, 0.29) is 0 Å². The predicted molar refractivity (Wildman–Crippen MR) is 125 cm³/mol. The van der Waals surface area contributed by atoms with Crippen LogP contribution in [0.4, 0.5) is 23.1 Å². The highest BCUT2D eigenvalue weighted by molar-refractivity contribution is 6.33. The maximum atomic E-state index is 6.34. The molecule has 0 aliphatic carbocycles. The number of aromatic amines is 1. The molecule has 4 aromatic rings. The van der Waals surface area contributed by atoms with Gasteiger partial charge in [0.05, 0.1) is 28.9 Å². The molecule has 31 heavy (non-hydrogen) atoms. The van der Waals surface area contributed by atoms with Crippen molar-refractivity contribution < 1.29 is 4.74 Å². The van der Waals surface area contributed by atoms with Crippen LogP contribution < -0.4 is 15.4 Å². The number of nitrogens with one attached hydrogen (secondary N) is 3. The zero-order valence-corrected chi connectivity index (χ0v) is 18.1. The second-order valence-electron chi connectivity index (χ2n) is 7.67. The number of ether oxygens (including phenoxy) is 1. The molecule has 2 aromatic carbocycles. The molecular formula is C23H23ClN6O. The Hall–Kier alpha value is -3.29. The van der Waals surface area contributed by atoms with Gasteiger partial charge in [0, 0.05) is 19.3 Å². The molecule has 1 aliphatic rings. The van der Waals surface area contributed by atoms with Crippen molar-refractivity contribution in [3.8, 4) is 5.75 Å². The van der Waals surface area contributed by atoms with E-state index in [1.807, 2.05) is 36.5 Å². The maximum Gasteiger partial charge on any atom is 0.231 e. The van der Waals surface area contributed by atoms with Crippen molar-refractivity contribution >= 4 is 45.8 Å². The van der Waals surface area contributed by atoms with Gasteiger partial charge in [0.15, 0.2) is 0 Å². The second-order valence-corrected chi connectivity index (χ2v) is 8.08. The number of benzene rings is 2. The minimum atomic E-state index is 0.465. The predicted octanol–water partition coefficient (Wildman–Crippen LogP) is 5.10. The molecule has 0 atom stereocenters. The van der Waals surface area contributed by atoms with E-state index in [1.165, 1.54) is 11.1 Å². The maximum absolute atomic E-state index is 6.34. The number of likely N-dealkylation sites (N-methyl/N-ethyl adjacent to an activating group) is 1. The van der Waals surface area contributed by atoms with Gasteiger partial charge < -0.3 is 25.3 Å². The van der Waals surface area contributed by atoms with Gasteiger partial charge in [-0.15, -0.1) is 0 Å². The van der Waals surface area contributed by atoms with Crippen LogP contribution in [0.15, 0.2) is 48.7 Å². The van der Waals surface area contributed by atoms with Crippen molar-refractivity contribution in [2.24, 2.45) is 0 Å². The topological polar surface area (TPSA) is 78.1 Å². The average Bonchev–Trinajstić information content (AvgIpc) is 3.24. The first-order valence-corrected chi connectivity index (χ1v) is 10.5. The Morgan fingerprint density at radius 3 is 2.77 bits per heavy atom. The van der Waals surface area contributed by atoms with Crippen LogP contribution in [-0.2, 0) is 13.0 Å². The molecule has 0 spiro atoms. The molecule has 3 N–H and O–H groups in total. The van der Waals surface area contributed by atoms with Gasteiger partial charge in [-0.2, -0.15) is 9.97 Å². The van der Waals surface area contributed by atoms with Crippen LogP contribution in [0.3, 0.4) is 0 Å². The smallest absolute Gasteiger partial charge is 0.231 e. The molecule has 3 heterocycles. The van der Waals surface area contributed by atoms with Crippen molar-refractivity contribution in [3.05, 3.63) is 64.8 Å². The fraction of sp³-hybridized carbons (Fsp3) is 0.217. The Bertz CT molecular complexity index is 1250. The lowest BCUT2D eigenvalue weighted by molar-refractivity contribution is 0.312. The zero-order valence-electron chi connectivity index (χ0n) is 17.4. The summed E-state index contributed by atoms with van der Waals surface area (Å²) >= 11 is 6.34. The molecule has 0 saturated carbocycles. The molecule has 0 amide bonds. The lowest BCUT2D eigenvalue weighted by atomic mass is 9.99. The van der Waals surface area contributed by atoms with Crippen LogP contribution >= 0.6 is 11.6 Å². The van der Waals surface area contributed by atoms with Crippen molar-refractivity contribution in [1.29, 1.82) is 0 Å². The number of anilines is 4. The third-order valence-electron chi connectivity index (χ3n) is 5.51. The number of methoxy groups -OCH3 is 1. The third kappa shape index (κ3) is 3.89. The van der Waals surface area contributed by atoms with Gasteiger partial charge in [-0.1, -0.05) is 23.7 Å². The summed E-state index contributed by atoms with van der Waals surface area (Å²) in [7, 11) is 3.82. The van der Waals surface area contributed by atoms with Crippen LogP contribution in [0.2, 0.25) is 5.02 Å². The molecule has 2 aromatic heterocycles. The molecule has 0 fully saturated rings. The number of nitrogens with zero attached hydrogens (tertiary/aromatic N) is 3. The SMILES string of the molecule is COc1cc2c(cc1Nc1nc(Nc3ccccc3Cl)c3cc[nH]c3n1)CN(C)CC2. The van der Waals surface area contributed by atoms with E-state index >= 15 is 0 Å². The van der Waals surface area contributed by atoms with E-state index in [4.69, 9.17) is 21.3 Å². The summed E-state index contributed by atoms with van der Waals surface area (Å²) in [5, 5.41) is 8.19. The van der Waals surface area contributed by atoms with Crippen LogP contribution in [-0.4, -0.2) is 40.6 Å². The Labute approximate surface area is 185 Å². The Morgan fingerprint density at radius 1 is 1.06 bits per heavy atom. The van der Waals surface area contributed by atoms with Gasteiger partial charge in [0.2, 0.25) is 5.95 Å². The standard InChI is InChI=1S/C23H23ClN6O/c1-30-10-8-14-12-20(31-2)19(11-15(14)13-30)27-23-28-21-16(7-9-25-21)22(29-23)26-18-6-4-3-5-17(18)24/h3-7,9,11-12H,8,10,13H2,1-2H3,(H3,25,26,27,28,29). The zero-order chi connectivity index (χ0) is 21.4. The van der Waals surface area contributed by atoms with Gasteiger partial charge in [-0.25, -0.2) is 0 Å². The van der Waals surface area contributed by atoms with Crippen molar-refractivity contribution in [2.45, 2.75) is 13.0 Å². The van der Waals surface area contributed by atoms with E-state index in [9.17, 15) is 0 Å². The van der Waals surface area contributed by atoms with Crippen LogP contribution in [0.25, 0.3) is 11.0 Å². The summed E-state index contributed by atoms with van der Waals surface area (Å²) in [6, 6.07) is 13.8. The number of para-hydroxylation sites is 1. The molecule has 0 unspecified atom stereocenters. The largest absolute Gasteiger partial charge is 0.495 e. The van der Waals surface area contributed by atoms with Crippen molar-refractivity contribution in [3.63, 3.8) is 0 Å². The van der Waals surface area contributed by atoms with Crippen LogP contribution in [0, 0.1) is 0 Å². The Kier molecular flexibility index (Phi) is 5.13. The Balaban J connectivity index is 1.53. The average molecular weight is 435 g/mol. The third-order valence-corrected chi connectivity index (χ3v) is 5.84. The van der Waals surface area contributed by atoms with Gasteiger partial charge in [-0.3, -0.25) is 0 Å². The molecule has 158 valence electrons. The fourth-order valence-electron chi connectivity index (χ4n) is 3.90. The van der Waals surface area contributed by atoms with Gasteiger partial charge >= 0.3 is 0 Å². The number of aromatic nitrogens is 3. The lowest BCUT2D eigenvalue weighted by Crippen LogP contribution is -2.26. The molecular weight excluding hydrogens is 412 g/mol. The molecule has 8 heteroatoms. The molecule has 0 bridgehead atoms. The summed E-state index contributed by atoms with van der Waals surface area (Å²) < 4.78 is 5.65. The van der Waals surface area contributed by atoms with E-state index in [0.29, 0.717) is 16.8 Å². The van der Waals surface area contributed by atoms with Gasteiger partial charge in [0.25, 0.3) is 0 Å². The van der Waals surface area contributed by atoms with Crippen molar-refractivity contribution in [2.75, 3.05) is 31.3 Å². The summed E-state index contributed by atoms with van der Waals surface area (Å²) in [4.78, 5) is 14.9. The number of rotatable bonds is 5. The number of H-pyrrole nitrogens is 1. The quantitative estimate of drug-likeness (QED) is 0.406. The van der Waals surface area contributed by atoms with Crippen LogP contribution in [0.5, 0.6) is 5.75 Å². The van der Waals surface area contributed by atoms with E-state index in [2.05, 4.69) is 44.7 Å². The van der Waals surface area contributed by atoms with Crippen LogP contribution in [0.1, 0.15) is 11.1 Å². The first-order chi connectivity index (χ1) is 15.1. The summed E-state index contributed by atoms with van der Waals surface area (Å²) in [5.74, 6) is 1.91. The van der Waals surface area contributed by atoms with E-state index < -0.39 is 0 Å². The fourth-order valence-corrected chi connectivity index (χ4v) is 4.08. The summed E-state index contributed by atoms with van der Waals surface area (Å²) in [6.07, 6.45) is 2.86. The minimum Gasteiger partial charge on any atom is -0.495 e. The molecule has 0 saturated heterocycles. The number of fused-ring (bicyclic) bond motifs is 2. The highest BCUT2D eigenvalue weighted by atomic mass is 35.5. The lowest BCUT2D eigenvalue weighted by Gasteiger charge is -2.26. The van der Waals surface area contributed by atoms with Crippen molar-refractivity contribution in [1.82, 2.24) is 19.9 Å². The first-order valence-electron chi connectivity index (χ1n) is 10.1. The van der Waals surface area contributed by atoms with Gasteiger partial charge in [-0.05, 0) is 54.9 Å². The van der Waals surface area contributed by atoms with E-state index in [0.717, 1.165) is 47.7 Å². The second kappa shape index (κ2) is 8.09. The monoisotopic (exact) mass is 434 g/mol. The minimum absolute atomic E-state index is 0.465. The summed E-state index contributed by atoms with van der Waals surface area (Å²) in [6.45, 7) is 1.95. The first kappa shape index (κ1) is 19.7. The highest BCUT2D eigenvalue weighted by Crippen LogP contribution is 2.34. The molecule has 0 radical (unpaired) electrons. The van der Waals surface area contributed by atoms with E-state index in [1.54, 1.807) is 7.11 Å². The number of hydrogen-bond acceptors (Lipinski definition) is 6.